The van der Waals surface area contributed by atoms with Crippen molar-refractivity contribution in [1.82, 2.24) is 0 Å². The second-order valence-electron chi connectivity index (χ2n) is 4.54. The summed E-state index contributed by atoms with van der Waals surface area (Å²) in [6.07, 6.45) is 1.75. The smallest absolute Gasteiger partial charge is 0.119 e. The molecule has 0 aromatic heterocycles. The van der Waals surface area contributed by atoms with E-state index in [9.17, 15) is 0 Å². The molecule has 0 fully saturated rings. The van der Waals surface area contributed by atoms with Gasteiger partial charge in [0.15, 0.2) is 0 Å². The van der Waals surface area contributed by atoms with Gasteiger partial charge in [-0.3, -0.25) is 0 Å². The summed E-state index contributed by atoms with van der Waals surface area (Å²) in [5, 5.41) is 0. The van der Waals surface area contributed by atoms with Crippen LogP contribution in [0.15, 0.2) is 59.1 Å². The summed E-state index contributed by atoms with van der Waals surface area (Å²) in [7, 11) is 0. The lowest BCUT2D eigenvalue weighted by Crippen LogP contribution is -2.25. The lowest BCUT2D eigenvalue weighted by molar-refractivity contribution is 0.297. The minimum absolute atomic E-state index is 0.137. The third kappa shape index (κ3) is 5.05. The molecule has 0 aliphatic heterocycles. The number of benzene rings is 2. The molecule has 0 radical (unpaired) electrons. The molecule has 0 amide bonds. The Kier molecular flexibility index (Phi) is 5.43. The van der Waals surface area contributed by atoms with E-state index in [0.717, 1.165) is 23.1 Å². The second kappa shape index (κ2) is 7.31. The molecule has 1 atom stereocenters. The minimum atomic E-state index is 0.137. The predicted octanol–water partition coefficient (Wildman–Crippen LogP) is 3.79. The standard InChI is InChI=1S/C16H18BrNO/c17-14-6-8-16(9-7-14)19-11-10-15(18)12-13-4-2-1-3-5-13/h1-9,15H,10-12,18H2. The van der Waals surface area contributed by atoms with Crippen LogP contribution in [-0.2, 0) is 6.42 Å². The summed E-state index contributed by atoms with van der Waals surface area (Å²) in [5.41, 5.74) is 7.38. The van der Waals surface area contributed by atoms with Crippen molar-refractivity contribution in [1.29, 1.82) is 0 Å². The number of halogens is 1. The van der Waals surface area contributed by atoms with Crippen LogP contribution in [0.4, 0.5) is 0 Å². The summed E-state index contributed by atoms with van der Waals surface area (Å²) in [6.45, 7) is 0.648. The molecule has 0 aliphatic rings. The first-order chi connectivity index (χ1) is 9.24. The van der Waals surface area contributed by atoms with Gasteiger partial charge in [-0.15, -0.1) is 0 Å². The van der Waals surface area contributed by atoms with E-state index in [2.05, 4.69) is 28.1 Å². The van der Waals surface area contributed by atoms with E-state index < -0.39 is 0 Å². The Labute approximate surface area is 122 Å². The van der Waals surface area contributed by atoms with Crippen molar-refractivity contribution in [3.63, 3.8) is 0 Å². The Morgan fingerprint density at radius 1 is 1.00 bits per heavy atom. The fraction of sp³-hybridized carbons (Fsp3) is 0.250. The third-order valence-electron chi connectivity index (χ3n) is 2.91. The van der Waals surface area contributed by atoms with Gasteiger partial charge in [0, 0.05) is 10.5 Å². The number of hydrogen-bond acceptors (Lipinski definition) is 2. The molecule has 0 bridgehead atoms. The monoisotopic (exact) mass is 319 g/mol. The van der Waals surface area contributed by atoms with Crippen molar-refractivity contribution in [3.05, 3.63) is 64.6 Å². The quantitative estimate of drug-likeness (QED) is 0.879. The van der Waals surface area contributed by atoms with E-state index in [1.54, 1.807) is 0 Å². The Hall–Kier alpha value is -1.32. The molecule has 2 N–H and O–H groups in total. The zero-order chi connectivity index (χ0) is 13.5. The SMILES string of the molecule is NC(CCOc1ccc(Br)cc1)Cc1ccccc1. The zero-order valence-corrected chi connectivity index (χ0v) is 12.3. The second-order valence-corrected chi connectivity index (χ2v) is 5.46. The summed E-state index contributed by atoms with van der Waals surface area (Å²) in [6, 6.07) is 18.3. The van der Waals surface area contributed by atoms with Crippen LogP contribution < -0.4 is 10.5 Å². The molecule has 100 valence electrons. The van der Waals surface area contributed by atoms with Crippen LogP contribution in [0.25, 0.3) is 0 Å². The number of hydrogen-bond donors (Lipinski definition) is 1. The Morgan fingerprint density at radius 3 is 2.37 bits per heavy atom. The van der Waals surface area contributed by atoms with Gasteiger partial charge in [-0.05, 0) is 42.7 Å². The third-order valence-corrected chi connectivity index (χ3v) is 3.44. The van der Waals surface area contributed by atoms with Gasteiger partial charge in [-0.1, -0.05) is 46.3 Å². The molecule has 0 aliphatic carbocycles. The first-order valence-corrected chi connectivity index (χ1v) is 7.21. The van der Waals surface area contributed by atoms with E-state index in [-0.39, 0.29) is 6.04 Å². The highest BCUT2D eigenvalue weighted by Gasteiger charge is 2.04. The normalized spacial score (nSPS) is 12.1. The van der Waals surface area contributed by atoms with Crippen molar-refractivity contribution >= 4 is 15.9 Å². The van der Waals surface area contributed by atoms with Gasteiger partial charge in [0.2, 0.25) is 0 Å². The van der Waals surface area contributed by atoms with Crippen molar-refractivity contribution < 1.29 is 4.74 Å². The molecule has 0 saturated carbocycles. The Morgan fingerprint density at radius 2 is 1.68 bits per heavy atom. The van der Waals surface area contributed by atoms with Crippen LogP contribution in [-0.4, -0.2) is 12.6 Å². The Bertz CT molecular complexity index is 484. The highest BCUT2D eigenvalue weighted by atomic mass is 79.9. The molecule has 2 aromatic carbocycles. The van der Waals surface area contributed by atoms with Gasteiger partial charge in [0.1, 0.15) is 5.75 Å². The van der Waals surface area contributed by atoms with Crippen LogP contribution in [0, 0.1) is 0 Å². The highest BCUT2D eigenvalue weighted by Crippen LogP contribution is 2.16. The van der Waals surface area contributed by atoms with Crippen molar-refractivity contribution in [2.75, 3.05) is 6.61 Å². The highest BCUT2D eigenvalue weighted by molar-refractivity contribution is 9.10. The van der Waals surface area contributed by atoms with Crippen LogP contribution in [0.2, 0.25) is 0 Å². The maximum atomic E-state index is 6.11. The average Bonchev–Trinajstić information content (AvgIpc) is 2.42. The lowest BCUT2D eigenvalue weighted by atomic mass is 10.0. The summed E-state index contributed by atoms with van der Waals surface area (Å²) < 4.78 is 6.72. The molecular formula is C16H18BrNO. The molecule has 19 heavy (non-hydrogen) atoms. The van der Waals surface area contributed by atoms with Gasteiger partial charge in [-0.25, -0.2) is 0 Å². The van der Waals surface area contributed by atoms with Crippen molar-refractivity contribution in [2.45, 2.75) is 18.9 Å². The molecule has 2 rings (SSSR count). The van der Waals surface area contributed by atoms with Crippen LogP contribution in [0.3, 0.4) is 0 Å². The first-order valence-electron chi connectivity index (χ1n) is 6.42. The van der Waals surface area contributed by atoms with Gasteiger partial charge < -0.3 is 10.5 Å². The van der Waals surface area contributed by atoms with E-state index >= 15 is 0 Å². The molecule has 1 unspecified atom stereocenters. The molecular weight excluding hydrogens is 302 g/mol. The van der Waals surface area contributed by atoms with Crippen molar-refractivity contribution in [3.8, 4) is 5.75 Å². The predicted molar refractivity (Wildman–Crippen MR) is 82.4 cm³/mol. The summed E-state index contributed by atoms with van der Waals surface area (Å²) >= 11 is 3.40. The van der Waals surface area contributed by atoms with Gasteiger partial charge in [0.05, 0.1) is 6.61 Å². The van der Waals surface area contributed by atoms with E-state index in [0.29, 0.717) is 6.61 Å². The maximum Gasteiger partial charge on any atom is 0.119 e. The molecule has 0 heterocycles. The molecule has 2 aromatic rings. The largest absolute Gasteiger partial charge is 0.494 e. The molecule has 0 spiro atoms. The van der Waals surface area contributed by atoms with Crippen LogP contribution in [0.1, 0.15) is 12.0 Å². The minimum Gasteiger partial charge on any atom is -0.494 e. The fourth-order valence-electron chi connectivity index (χ4n) is 1.88. The fourth-order valence-corrected chi connectivity index (χ4v) is 2.14. The number of ether oxygens (including phenoxy) is 1. The Balaban J connectivity index is 1.72. The molecule has 2 nitrogen and oxygen atoms in total. The first kappa shape index (κ1) is 14.1. The number of rotatable bonds is 6. The van der Waals surface area contributed by atoms with Gasteiger partial charge in [0.25, 0.3) is 0 Å². The van der Waals surface area contributed by atoms with E-state index in [1.165, 1.54) is 5.56 Å². The maximum absolute atomic E-state index is 6.11. The van der Waals surface area contributed by atoms with E-state index in [4.69, 9.17) is 10.5 Å². The average molecular weight is 320 g/mol. The zero-order valence-electron chi connectivity index (χ0n) is 10.8. The molecule has 0 saturated heterocycles. The van der Waals surface area contributed by atoms with Gasteiger partial charge in [-0.2, -0.15) is 0 Å². The van der Waals surface area contributed by atoms with E-state index in [1.807, 2.05) is 42.5 Å². The lowest BCUT2D eigenvalue weighted by Gasteiger charge is -2.12. The summed E-state index contributed by atoms with van der Waals surface area (Å²) in [5.74, 6) is 0.884. The number of nitrogens with two attached hydrogens (primary N) is 1. The van der Waals surface area contributed by atoms with Crippen LogP contribution >= 0.6 is 15.9 Å². The van der Waals surface area contributed by atoms with Crippen LogP contribution in [0.5, 0.6) is 5.75 Å². The topological polar surface area (TPSA) is 35.2 Å². The van der Waals surface area contributed by atoms with Gasteiger partial charge >= 0.3 is 0 Å². The summed E-state index contributed by atoms with van der Waals surface area (Å²) in [4.78, 5) is 0. The molecule has 3 heteroatoms. The van der Waals surface area contributed by atoms with Crippen molar-refractivity contribution in [2.24, 2.45) is 5.73 Å².